The maximum atomic E-state index is 13.1. The standard InChI is InChI=1S/C21H23F3N4O2/c1-14(2)20(30)28-11-9-27(10-12-28)18-8-7-15(13-25-18)26-19(29)16-5-3-4-6-17(16)21(22,23)24/h3-8,13-14H,9-12H2,1-2H3,(H,26,29). The van der Waals surface area contributed by atoms with Gasteiger partial charge in [-0.15, -0.1) is 0 Å². The highest BCUT2D eigenvalue weighted by Gasteiger charge is 2.34. The Morgan fingerprint density at radius 1 is 1.03 bits per heavy atom. The summed E-state index contributed by atoms with van der Waals surface area (Å²) >= 11 is 0. The average molecular weight is 420 g/mol. The number of aromatic nitrogens is 1. The first kappa shape index (κ1) is 21.6. The highest BCUT2D eigenvalue weighted by atomic mass is 19.4. The fourth-order valence-electron chi connectivity index (χ4n) is 3.29. The molecule has 0 spiro atoms. The highest BCUT2D eigenvalue weighted by Crippen LogP contribution is 2.32. The van der Waals surface area contributed by atoms with Gasteiger partial charge < -0.3 is 15.1 Å². The van der Waals surface area contributed by atoms with E-state index in [1.54, 1.807) is 12.1 Å². The fourth-order valence-corrected chi connectivity index (χ4v) is 3.29. The molecule has 0 radical (unpaired) electrons. The molecule has 30 heavy (non-hydrogen) atoms. The van der Waals surface area contributed by atoms with Gasteiger partial charge in [-0.2, -0.15) is 13.2 Å². The van der Waals surface area contributed by atoms with Crippen LogP contribution < -0.4 is 10.2 Å². The van der Waals surface area contributed by atoms with E-state index in [1.807, 2.05) is 23.6 Å². The van der Waals surface area contributed by atoms with Crippen LogP contribution in [0.4, 0.5) is 24.7 Å². The number of anilines is 2. The molecule has 160 valence electrons. The molecule has 0 atom stereocenters. The molecule has 0 aliphatic carbocycles. The molecular weight excluding hydrogens is 397 g/mol. The van der Waals surface area contributed by atoms with Crippen molar-refractivity contribution in [2.45, 2.75) is 20.0 Å². The highest BCUT2D eigenvalue weighted by molar-refractivity contribution is 6.05. The SMILES string of the molecule is CC(C)C(=O)N1CCN(c2ccc(NC(=O)c3ccccc3C(F)(F)F)cn2)CC1. The normalized spacial score (nSPS) is 14.7. The summed E-state index contributed by atoms with van der Waals surface area (Å²) in [7, 11) is 0. The molecular formula is C21H23F3N4O2. The van der Waals surface area contributed by atoms with E-state index in [9.17, 15) is 22.8 Å². The van der Waals surface area contributed by atoms with Gasteiger partial charge in [0.25, 0.3) is 5.91 Å². The number of pyridine rings is 1. The summed E-state index contributed by atoms with van der Waals surface area (Å²) in [5.41, 5.74) is -1.13. The second kappa shape index (κ2) is 8.73. The Labute approximate surface area is 172 Å². The maximum Gasteiger partial charge on any atom is 0.417 e. The number of nitrogens with zero attached hydrogens (tertiary/aromatic N) is 3. The van der Waals surface area contributed by atoms with E-state index in [1.165, 1.54) is 18.3 Å². The Bertz CT molecular complexity index is 905. The summed E-state index contributed by atoms with van der Waals surface area (Å²) in [4.78, 5) is 32.6. The first-order valence-corrected chi connectivity index (χ1v) is 9.64. The molecule has 1 saturated heterocycles. The minimum absolute atomic E-state index is 0.0416. The van der Waals surface area contributed by atoms with Crippen LogP contribution in [0.1, 0.15) is 29.8 Å². The van der Waals surface area contributed by atoms with Crippen molar-refractivity contribution >= 4 is 23.3 Å². The minimum atomic E-state index is -4.62. The number of halogens is 3. The van der Waals surface area contributed by atoms with E-state index >= 15 is 0 Å². The van der Waals surface area contributed by atoms with Crippen LogP contribution in [0.2, 0.25) is 0 Å². The third kappa shape index (κ3) is 4.90. The van der Waals surface area contributed by atoms with Gasteiger partial charge in [0, 0.05) is 32.1 Å². The van der Waals surface area contributed by atoms with Crippen LogP contribution in [-0.4, -0.2) is 47.9 Å². The van der Waals surface area contributed by atoms with Crippen molar-refractivity contribution in [3.8, 4) is 0 Å². The monoisotopic (exact) mass is 420 g/mol. The third-order valence-electron chi connectivity index (χ3n) is 4.89. The lowest BCUT2D eigenvalue weighted by molar-refractivity contribution is -0.138. The summed E-state index contributed by atoms with van der Waals surface area (Å²) < 4.78 is 39.3. The summed E-state index contributed by atoms with van der Waals surface area (Å²) in [5.74, 6) is -0.0847. The molecule has 6 nitrogen and oxygen atoms in total. The maximum absolute atomic E-state index is 13.1. The molecule has 1 fully saturated rings. The fraction of sp³-hybridized carbons (Fsp3) is 0.381. The number of piperazine rings is 1. The zero-order valence-corrected chi connectivity index (χ0v) is 16.7. The van der Waals surface area contributed by atoms with E-state index < -0.39 is 23.2 Å². The van der Waals surface area contributed by atoms with Gasteiger partial charge in [-0.05, 0) is 24.3 Å². The molecule has 1 aromatic heterocycles. The topological polar surface area (TPSA) is 65.5 Å². The Hall–Kier alpha value is -3.10. The summed E-state index contributed by atoms with van der Waals surface area (Å²) in [6.07, 6.45) is -3.20. The molecule has 1 aromatic carbocycles. The van der Waals surface area contributed by atoms with Crippen LogP contribution >= 0.6 is 0 Å². The van der Waals surface area contributed by atoms with E-state index in [-0.39, 0.29) is 11.8 Å². The quantitative estimate of drug-likeness (QED) is 0.820. The Kier molecular flexibility index (Phi) is 6.28. The number of nitrogens with one attached hydrogen (secondary N) is 1. The van der Waals surface area contributed by atoms with E-state index in [0.717, 1.165) is 12.1 Å². The second-order valence-electron chi connectivity index (χ2n) is 7.37. The smallest absolute Gasteiger partial charge is 0.353 e. The first-order chi connectivity index (χ1) is 14.2. The molecule has 2 amide bonds. The molecule has 0 unspecified atom stereocenters. The predicted octanol–water partition coefficient (Wildman–Crippen LogP) is 3.66. The number of amides is 2. The lowest BCUT2D eigenvalue weighted by atomic mass is 10.1. The van der Waals surface area contributed by atoms with E-state index in [2.05, 4.69) is 10.3 Å². The van der Waals surface area contributed by atoms with Crippen molar-refractivity contribution in [1.29, 1.82) is 0 Å². The number of hydrogen-bond donors (Lipinski definition) is 1. The number of hydrogen-bond acceptors (Lipinski definition) is 4. The van der Waals surface area contributed by atoms with Gasteiger partial charge in [-0.1, -0.05) is 26.0 Å². The number of benzene rings is 1. The van der Waals surface area contributed by atoms with Gasteiger partial charge in [-0.3, -0.25) is 9.59 Å². The van der Waals surface area contributed by atoms with Crippen molar-refractivity contribution in [1.82, 2.24) is 9.88 Å². The zero-order chi connectivity index (χ0) is 21.9. The van der Waals surface area contributed by atoms with Gasteiger partial charge in [-0.25, -0.2) is 4.98 Å². The number of rotatable bonds is 4. The van der Waals surface area contributed by atoms with Crippen molar-refractivity contribution in [3.05, 3.63) is 53.7 Å². The van der Waals surface area contributed by atoms with Gasteiger partial charge >= 0.3 is 6.18 Å². The average Bonchev–Trinajstić information content (AvgIpc) is 2.73. The van der Waals surface area contributed by atoms with E-state index in [4.69, 9.17) is 0 Å². The van der Waals surface area contributed by atoms with Gasteiger partial charge in [0.2, 0.25) is 5.91 Å². The number of alkyl halides is 3. The second-order valence-corrected chi connectivity index (χ2v) is 7.37. The lowest BCUT2D eigenvalue weighted by Gasteiger charge is -2.36. The Morgan fingerprint density at radius 3 is 2.27 bits per heavy atom. The molecule has 1 N–H and O–H groups in total. The number of carbonyl (C=O) groups is 2. The molecule has 3 rings (SSSR count). The van der Waals surface area contributed by atoms with Crippen molar-refractivity contribution in [3.63, 3.8) is 0 Å². The number of carbonyl (C=O) groups excluding carboxylic acids is 2. The molecule has 2 heterocycles. The molecule has 0 saturated carbocycles. The van der Waals surface area contributed by atoms with Crippen molar-refractivity contribution < 1.29 is 22.8 Å². The third-order valence-corrected chi connectivity index (χ3v) is 4.89. The van der Waals surface area contributed by atoms with Crippen LogP contribution in [0.3, 0.4) is 0 Å². The van der Waals surface area contributed by atoms with E-state index in [0.29, 0.717) is 37.7 Å². The van der Waals surface area contributed by atoms with Crippen molar-refractivity contribution in [2.24, 2.45) is 5.92 Å². The zero-order valence-electron chi connectivity index (χ0n) is 16.7. The Morgan fingerprint density at radius 2 is 1.70 bits per heavy atom. The van der Waals surface area contributed by atoms with Gasteiger partial charge in [0.05, 0.1) is 23.0 Å². The molecule has 9 heteroatoms. The van der Waals surface area contributed by atoms with Crippen LogP contribution in [0.5, 0.6) is 0 Å². The molecule has 0 bridgehead atoms. The van der Waals surface area contributed by atoms with Gasteiger partial charge in [0.15, 0.2) is 0 Å². The largest absolute Gasteiger partial charge is 0.417 e. The van der Waals surface area contributed by atoms with Gasteiger partial charge in [0.1, 0.15) is 5.82 Å². The van der Waals surface area contributed by atoms with Crippen LogP contribution in [0.15, 0.2) is 42.6 Å². The summed E-state index contributed by atoms with van der Waals surface area (Å²) in [5, 5.41) is 2.46. The molecule has 1 aliphatic heterocycles. The van der Waals surface area contributed by atoms with Crippen LogP contribution in [0, 0.1) is 5.92 Å². The summed E-state index contributed by atoms with van der Waals surface area (Å²) in [6, 6.07) is 7.94. The summed E-state index contributed by atoms with van der Waals surface area (Å²) in [6.45, 7) is 6.22. The predicted molar refractivity (Wildman–Crippen MR) is 107 cm³/mol. The molecule has 2 aromatic rings. The minimum Gasteiger partial charge on any atom is -0.353 e. The van der Waals surface area contributed by atoms with Crippen LogP contribution in [0.25, 0.3) is 0 Å². The van der Waals surface area contributed by atoms with Crippen molar-refractivity contribution in [2.75, 3.05) is 36.4 Å². The first-order valence-electron chi connectivity index (χ1n) is 9.64. The lowest BCUT2D eigenvalue weighted by Crippen LogP contribution is -2.50. The van der Waals surface area contributed by atoms with Crippen LogP contribution in [-0.2, 0) is 11.0 Å². The Balaban J connectivity index is 1.64. The molecule has 1 aliphatic rings.